The quantitative estimate of drug-likeness (QED) is 0.670. The molecule has 2 heterocycles. The van der Waals surface area contributed by atoms with Gasteiger partial charge in [-0.15, -0.1) is 0 Å². The molecule has 0 spiro atoms. The second-order valence-electron chi connectivity index (χ2n) is 4.91. The third kappa shape index (κ3) is 3.20. The van der Waals surface area contributed by atoms with Crippen LogP contribution in [0.3, 0.4) is 0 Å². The van der Waals surface area contributed by atoms with Crippen LogP contribution in [0.2, 0.25) is 0 Å². The number of rotatable bonds is 5. The first kappa shape index (κ1) is 14.8. The third-order valence-electron chi connectivity index (χ3n) is 3.39. The molecular weight excluding hydrogens is 302 g/mol. The van der Waals surface area contributed by atoms with E-state index in [-0.39, 0.29) is 24.6 Å². The molecule has 1 aliphatic rings. The van der Waals surface area contributed by atoms with Crippen molar-refractivity contribution in [3.05, 3.63) is 64.1 Å². The molecule has 0 radical (unpaired) electrons. The van der Waals surface area contributed by atoms with E-state index in [9.17, 15) is 14.9 Å². The molecule has 8 heteroatoms. The lowest BCUT2D eigenvalue weighted by Crippen LogP contribution is -2.34. The monoisotopic (exact) mass is 315 g/mol. The summed E-state index contributed by atoms with van der Waals surface area (Å²) in [5.41, 5.74) is 0.681. The summed E-state index contributed by atoms with van der Waals surface area (Å²) in [6.07, 6.45) is 0.887. The highest BCUT2D eigenvalue weighted by atomic mass is 16.6. The molecule has 0 saturated carbocycles. The Morgan fingerprint density at radius 3 is 2.91 bits per heavy atom. The fourth-order valence-electron chi connectivity index (χ4n) is 2.26. The van der Waals surface area contributed by atoms with Gasteiger partial charge in [0.25, 0.3) is 11.6 Å². The van der Waals surface area contributed by atoms with Gasteiger partial charge in [-0.25, -0.2) is 0 Å². The number of furan rings is 1. The molecule has 1 N–H and O–H groups in total. The van der Waals surface area contributed by atoms with Gasteiger partial charge in [-0.3, -0.25) is 14.9 Å². The Morgan fingerprint density at radius 2 is 2.17 bits per heavy atom. The summed E-state index contributed by atoms with van der Waals surface area (Å²) >= 11 is 0. The molecule has 0 fully saturated rings. The van der Waals surface area contributed by atoms with Crippen molar-refractivity contribution in [1.82, 2.24) is 5.32 Å². The second-order valence-corrected chi connectivity index (χ2v) is 4.91. The molecule has 8 nitrogen and oxygen atoms in total. The number of carbonyl (C=O) groups is 1. The van der Waals surface area contributed by atoms with Crippen molar-refractivity contribution in [2.45, 2.75) is 19.1 Å². The van der Waals surface area contributed by atoms with E-state index in [2.05, 4.69) is 10.5 Å². The van der Waals surface area contributed by atoms with Gasteiger partial charge in [0.1, 0.15) is 5.76 Å². The number of nitro benzene ring substituents is 1. The molecule has 1 atom stereocenters. The third-order valence-corrected chi connectivity index (χ3v) is 3.39. The zero-order valence-electron chi connectivity index (χ0n) is 12.0. The minimum Gasteiger partial charge on any atom is -0.467 e. The van der Waals surface area contributed by atoms with Crippen LogP contribution in [0.5, 0.6) is 0 Å². The number of carbonyl (C=O) groups excluding carboxylic acids is 1. The molecule has 3 rings (SSSR count). The summed E-state index contributed by atoms with van der Waals surface area (Å²) < 4.78 is 5.12. The molecule has 1 aliphatic heterocycles. The van der Waals surface area contributed by atoms with Crippen LogP contribution in [0.4, 0.5) is 5.69 Å². The molecule has 1 unspecified atom stereocenters. The van der Waals surface area contributed by atoms with Gasteiger partial charge in [0.05, 0.1) is 29.0 Å². The Bertz CT molecular complexity index is 754. The van der Waals surface area contributed by atoms with Gasteiger partial charge in [-0.1, -0.05) is 17.3 Å². The summed E-state index contributed by atoms with van der Waals surface area (Å²) in [7, 11) is 0. The highest BCUT2D eigenvalue weighted by molar-refractivity contribution is 6.06. The molecular formula is C15H13N3O5. The van der Waals surface area contributed by atoms with Gasteiger partial charge in [-0.2, -0.15) is 0 Å². The van der Waals surface area contributed by atoms with Crippen molar-refractivity contribution in [1.29, 1.82) is 0 Å². The van der Waals surface area contributed by atoms with Crippen LogP contribution in [0, 0.1) is 10.1 Å². The summed E-state index contributed by atoms with van der Waals surface area (Å²) in [4.78, 5) is 27.7. The fraction of sp³-hybridized carbons (Fsp3) is 0.200. The van der Waals surface area contributed by atoms with Crippen molar-refractivity contribution in [3.63, 3.8) is 0 Å². The average Bonchev–Trinajstić information content (AvgIpc) is 3.24. The van der Waals surface area contributed by atoms with Gasteiger partial charge >= 0.3 is 0 Å². The number of amides is 1. The molecule has 2 aromatic rings. The van der Waals surface area contributed by atoms with Crippen LogP contribution in [0.25, 0.3) is 0 Å². The first-order chi connectivity index (χ1) is 11.1. The van der Waals surface area contributed by atoms with Crippen molar-refractivity contribution < 1.29 is 19.0 Å². The van der Waals surface area contributed by atoms with Gasteiger partial charge in [-0.05, 0) is 18.2 Å². The molecule has 1 aromatic carbocycles. The Hall–Kier alpha value is -3.16. The lowest BCUT2D eigenvalue weighted by Gasteiger charge is -2.08. The predicted octanol–water partition coefficient (Wildman–Crippen LogP) is 2.00. The van der Waals surface area contributed by atoms with E-state index in [1.807, 2.05) is 0 Å². The summed E-state index contributed by atoms with van der Waals surface area (Å²) in [6.45, 7) is 0.243. The molecule has 0 saturated heterocycles. The highest BCUT2D eigenvalue weighted by Crippen LogP contribution is 2.24. The number of nitrogens with one attached hydrogen (secondary N) is 1. The SMILES string of the molecule is O=C(NCc1ccco1)C1CC(c2ccccc2[N+](=O)[O-])=NO1. The Morgan fingerprint density at radius 1 is 1.35 bits per heavy atom. The van der Waals surface area contributed by atoms with E-state index in [1.165, 1.54) is 12.3 Å². The van der Waals surface area contributed by atoms with Crippen molar-refractivity contribution in [3.8, 4) is 0 Å². The van der Waals surface area contributed by atoms with Crippen LogP contribution in [0.15, 0.2) is 52.2 Å². The maximum atomic E-state index is 12.1. The van der Waals surface area contributed by atoms with Crippen LogP contribution in [-0.2, 0) is 16.2 Å². The van der Waals surface area contributed by atoms with Crippen molar-refractivity contribution in [2.75, 3.05) is 0 Å². The standard InChI is InChI=1S/C15H13N3O5/c19-15(16-9-10-4-3-7-22-10)14-8-12(17-23-14)11-5-1-2-6-13(11)18(20)21/h1-7,14H,8-9H2,(H,16,19). The van der Waals surface area contributed by atoms with Crippen LogP contribution >= 0.6 is 0 Å². The maximum Gasteiger partial charge on any atom is 0.278 e. The Labute approximate surface area is 130 Å². The van der Waals surface area contributed by atoms with Gasteiger partial charge in [0, 0.05) is 12.5 Å². The topological polar surface area (TPSA) is 107 Å². The van der Waals surface area contributed by atoms with Gasteiger partial charge in [0.15, 0.2) is 0 Å². The van der Waals surface area contributed by atoms with Crippen molar-refractivity contribution in [2.24, 2.45) is 5.16 Å². The molecule has 0 aliphatic carbocycles. The van der Waals surface area contributed by atoms with E-state index in [0.29, 0.717) is 17.0 Å². The number of para-hydroxylation sites is 1. The molecule has 23 heavy (non-hydrogen) atoms. The predicted molar refractivity (Wildman–Crippen MR) is 79.7 cm³/mol. The fourth-order valence-corrected chi connectivity index (χ4v) is 2.26. The Kier molecular flexibility index (Phi) is 4.05. The zero-order chi connectivity index (χ0) is 16.2. The van der Waals surface area contributed by atoms with Crippen LogP contribution in [-0.4, -0.2) is 22.6 Å². The van der Waals surface area contributed by atoms with E-state index in [0.717, 1.165) is 0 Å². The average molecular weight is 315 g/mol. The van der Waals surface area contributed by atoms with E-state index in [1.54, 1.807) is 30.3 Å². The number of oxime groups is 1. The number of hydrogen-bond acceptors (Lipinski definition) is 6. The van der Waals surface area contributed by atoms with E-state index >= 15 is 0 Å². The maximum absolute atomic E-state index is 12.1. The minimum absolute atomic E-state index is 0.0634. The van der Waals surface area contributed by atoms with E-state index in [4.69, 9.17) is 9.25 Å². The van der Waals surface area contributed by atoms with Crippen molar-refractivity contribution >= 4 is 17.3 Å². The number of nitro groups is 1. The van der Waals surface area contributed by atoms with Gasteiger partial charge < -0.3 is 14.6 Å². The summed E-state index contributed by atoms with van der Waals surface area (Å²) in [5, 5.41) is 17.5. The Balaban J connectivity index is 1.64. The molecule has 1 aromatic heterocycles. The lowest BCUT2D eigenvalue weighted by molar-refractivity contribution is -0.385. The zero-order valence-corrected chi connectivity index (χ0v) is 12.0. The molecule has 0 bridgehead atoms. The minimum atomic E-state index is -0.806. The van der Waals surface area contributed by atoms with Crippen LogP contribution in [0.1, 0.15) is 17.7 Å². The van der Waals surface area contributed by atoms with E-state index < -0.39 is 11.0 Å². The second kappa shape index (κ2) is 6.30. The molecule has 118 valence electrons. The first-order valence-electron chi connectivity index (χ1n) is 6.91. The largest absolute Gasteiger partial charge is 0.467 e. The smallest absolute Gasteiger partial charge is 0.278 e. The number of nitrogens with zero attached hydrogens (tertiary/aromatic N) is 2. The molecule has 1 amide bonds. The lowest BCUT2D eigenvalue weighted by atomic mass is 10.0. The summed E-state index contributed by atoms with van der Waals surface area (Å²) in [5.74, 6) is 0.273. The van der Waals surface area contributed by atoms with Crippen LogP contribution < -0.4 is 5.32 Å². The highest BCUT2D eigenvalue weighted by Gasteiger charge is 2.31. The van der Waals surface area contributed by atoms with Gasteiger partial charge in [0.2, 0.25) is 6.10 Å². The number of benzene rings is 1. The number of hydrogen-bond donors (Lipinski definition) is 1. The normalized spacial score (nSPS) is 16.5. The summed E-state index contributed by atoms with van der Waals surface area (Å²) in [6, 6.07) is 9.70. The first-order valence-corrected chi connectivity index (χ1v) is 6.91.